The molecule has 268 valence electrons. The maximum atomic E-state index is 15.4. The van der Waals surface area contributed by atoms with Crippen molar-refractivity contribution in [2.75, 3.05) is 19.6 Å². The topological polar surface area (TPSA) is 100 Å². The minimum absolute atomic E-state index is 0.113. The predicted molar refractivity (Wildman–Crippen MR) is 183 cm³/mol. The Morgan fingerprint density at radius 1 is 0.694 bits per heavy atom. The highest BCUT2D eigenvalue weighted by molar-refractivity contribution is 5.93. The third-order valence-corrected chi connectivity index (χ3v) is 10.5. The minimum atomic E-state index is -2.05. The molecule has 2 saturated heterocycles. The lowest BCUT2D eigenvalue weighted by Gasteiger charge is -2.49. The quantitative estimate of drug-likeness (QED) is 0.335. The highest BCUT2D eigenvalue weighted by atomic mass is 19.1. The smallest absolute Gasteiger partial charge is 0.408 e. The maximum Gasteiger partial charge on any atom is 0.408 e. The van der Waals surface area contributed by atoms with Crippen LogP contribution in [0.5, 0.6) is 0 Å². The molecule has 0 aromatic heterocycles. The van der Waals surface area contributed by atoms with Gasteiger partial charge in [0.1, 0.15) is 22.4 Å². The second-order valence-corrected chi connectivity index (χ2v) is 16.2. The second kappa shape index (κ2) is 12.9. The average Bonchev–Trinajstić information content (AvgIpc) is 3.29. The Morgan fingerprint density at radius 3 is 1.59 bits per heavy atom. The number of likely N-dealkylation sites (tertiary alicyclic amines) is 2. The Labute approximate surface area is 289 Å². The number of carbonyl (C=O) groups excluding carboxylic acids is 3. The van der Waals surface area contributed by atoms with E-state index < -0.39 is 51.7 Å². The number of rotatable bonds is 6. The van der Waals surface area contributed by atoms with Gasteiger partial charge in [-0.2, -0.15) is 0 Å². The number of benzene rings is 2. The lowest BCUT2D eigenvalue weighted by molar-refractivity contribution is -0.146. The average molecular weight is 683 g/mol. The molecule has 0 spiro atoms. The summed E-state index contributed by atoms with van der Waals surface area (Å²) >= 11 is 0. The number of nitrogens with zero attached hydrogens (tertiary/aromatic N) is 2. The Bertz CT molecular complexity index is 1530. The molecule has 4 fully saturated rings. The van der Waals surface area contributed by atoms with E-state index in [4.69, 9.17) is 9.47 Å². The first kappa shape index (κ1) is 36.5. The molecule has 2 saturated carbocycles. The van der Waals surface area contributed by atoms with Crippen LogP contribution in [-0.4, -0.2) is 81.1 Å². The molecular weight excluding hydrogens is 630 g/mol. The van der Waals surface area contributed by atoms with Gasteiger partial charge in [-0.05, 0) is 92.2 Å². The van der Waals surface area contributed by atoms with Crippen LogP contribution < -0.4 is 10.6 Å². The van der Waals surface area contributed by atoms with E-state index >= 15 is 8.78 Å². The number of alkyl carbamates (subject to hydrolysis) is 2. The van der Waals surface area contributed by atoms with Crippen molar-refractivity contribution in [3.63, 3.8) is 0 Å². The summed E-state index contributed by atoms with van der Waals surface area (Å²) in [5.74, 6) is -0.550. The Balaban J connectivity index is 0.000000191. The van der Waals surface area contributed by atoms with Crippen LogP contribution in [0, 0.1) is 0 Å². The van der Waals surface area contributed by atoms with Crippen molar-refractivity contribution in [2.24, 2.45) is 0 Å². The predicted octanol–water partition coefficient (Wildman–Crippen LogP) is 7.18. The fraction of sp³-hybridized carbons (Fsp3) is 0.605. The monoisotopic (exact) mass is 682 g/mol. The van der Waals surface area contributed by atoms with Gasteiger partial charge in [0.15, 0.2) is 0 Å². The summed E-state index contributed by atoms with van der Waals surface area (Å²) in [7, 11) is 0. The van der Waals surface area contributed by atoms with Crippen molar-refractivity contribution in [1.82, 2.24) is 20.4 Å². The number of nitrogens with one attached hydrogen (secondary N) is 2. The standard InChI is InChI=1S/C19H25FN2O3.C19H27FN2O2/c1-13(14-8-6-5-7-9-14)22-12-18(10-11-19(18,20)15(22)23)21-16(24)25-17(2,3)4;1-14(15-8-6-5-7-9-15)22-12-18(20)10-11-19(18,13-22)21-16(23)24-17(2,3)4/h5-9,13H,10-12H2,1-4H3,(H,21,24);5-9,14H,10-13H2,1-4H3,(H,21,23)/t13-,18-,19+;14-,18+,19-/m11/s1. The van der Waals surface area contributed by atoms with E-state index in [-0.39, 0.29) is 25.0 Å². The second-order valence-electron chi connectivity index (χ2n) is 16.2. The van der Waals surface area contributed by atoms with Gasteiger partial charge in [-0.25, -0.2) is 18.4 Å². The zero-order valence-corrected chi connectivity index (χ0v) is 30.1. The Hall–Kier alpha value is -3.73. The van der Waals surface area contributed by atoms with E-state index in [1.54, 1.807) is 20.8 Å². The molecule has 49 heavy (non-hydrogen) atoms. The van der Waals surface area contributed by atoms with Crippen molar-refractivity contribution < 1.29 is 32.6 Å². The molecule has 2 heterocycles. The van der Waals surface area contributed by atoms with Crippen LogP contribution in [0.25, 0.3) is 0 Å². The first-order chi connectivity index (χ1) is 22.7. The molecule has 3 amide bonds. The van der Waals surface area contributed by atoms with Gasteiger partial charge in [-0.15, -0.1) is 0 Å². The van der Waals surface area contributed by atoms with Crippen molar-refractivity contribution in [1.29, 1.82) is 0 Å². The number of hydrogen-bond acceptors (Lipinski definition) is 6. The first-order valence-corrected chi connectivity index (χ1v) is 17.3. The van der Waals surface area contributed by atoms with Gasteiger partial charge in [0, 0.05) is 25.7 Å². The van der Waals surface area contributed by atoms with Crippen LogP contribution in [0.3, 0.4) is 0 Å². The van der Waals surface area contributed by atoms with E-state index in [1.807, 2.05) is 76.2 Å². The number of hydrogen-bond donors (Lipinski definition) is 2. The molecule has 0 radical (unpaired) electrons. The van der Waals surface area contributed by atoms with Gasteiger partial charge < -0.3 is 25.0 Å². The van der Waals surface area contributed by atoms with Crippen LogP contribution >= 0.6 is 0 Å². The van der Waals surface area contributed by atoms with E-state index in [0.717, 1.165) is 11.1 Å². The largest absolute Gasteiger partial charge is 0.444 e. The molecule has 2 aromatic carbocycles. The summed E-state index contributed by atoms with van der Waals surface area (Å²) < 4.78 is 41.4. The summed E-state index contributed by atoms with van der Waals surface area (Å²) in [6.45, 7) is 15.7. The highest BCUT2D eigenvalue weighted by Crippen LogP contribution is 2.54. The van der Waals surface area contributed by atoms with Crippen molar-refractivity contribution in [3.05, 3.63) is 71.8 Å². The van der Waals surface area contributed by atoms with Crippen molar-refractivity contribution >= 4 is 18.1 Å². The van der Waals surface area contributed by atoms with Crippen molar-refractivity contribution in [2.45, 2.75) is 127 Å². The third-order valence-electron chi connectivity index (χ3n) is 10.5. The lowest BCUT2D eigenvalue weighted by atomic mass is 9.66. The maximum absolute atomic E-state index is 15.4. The molecule has 4 aliphatic rings. The third kappa shape index (κ3) is 7.14. The number of fused-ring (bicyclic) bond motifs is 2. The SMILES string of the molecule is C[C@H](c1ccccc1)N1C[C@@]2(F)CC[C@@]2(NC(=O)OC(C)(C)C)C1.C[C@H](c1ccccc1)N1C[C@]2(NC(=O)OC(C)(C)C)CC[C@]2(F)C1=O. The van der Waals surface area contributed by atoms with E-state index in [1.165, 1.54) is 4.90 Å². The van der Waals surface area contributed by atoms with Gasteiger partial charge in [0.05, 0.1) is 11.6 Å². The molecule has 6 atom stereocenters. The Morgan fingerprint density at radius 2 is 1.16 bits per heavy atom. The van der Waals surface area contributed by atoms with Gasteiger partial charge in [-0.3, -0.25) is 9.69 Å². The van der Waals surface area contributed by atoms with Crippen LogP contribution in [0.15, 0.2) is 60.7 Å². The minimum Gasteiger partial charge on any atom is -0.444 e. The summed E-state index contributed by atoms with van der Waals surface area (Å²) in [6.07, 6.45) is 0.475. The molecular formula is C38H52F2N4O5. The van der Waals surface area contributed by atoms with Gasteiger partial charge in [0.25, 0.3) is 5.91 Å². The molecule has 6 rings (SSSR count). The number of halogens is 2. The van der Waals surface area contributed by atoms with Gasteiger partial charge in [0.2, 0.25) is 5.67 Å². The summed E-state index contributed by atoms with van der Waals surface area (Å²) in [4.78, 5) is 40.7. The Kier molecular flexibility index (Phi) is 9.60. The number of carbonyl (C=O) groups is 3. The van der Waals surface area contributed by atoms with Crippen molar-refractivity contribution in [3.8, 4) is 0 Å². The zero-order chi connectivity index (χ0) is 36.0. The molecule has 0 bridgehead atoms. The van der Waals surface area contributed by atoms with Crippen LogP contribution in [0.2, 0.25) is 0 Å². The molecule has 2 N–H and O–H groups in total. The molecule has 2 aliphatic carbocycles. The molecule has 0 unspecified atom stereocenters. The van der Waals surface area contributed by atoms with E-state index in [9.17, 15) is 14.4 Å². The van der Waals surface area contributed by atoms with Crippen LogP contribution in [-0.2, 0) is 14.3 Å². The lowest BCUT2D eigenvalue weighted by Crippen LogP contribution is -2.70. The van der Waals surface area contributed by atoms with Gasteiger partial charge >= 0.3 is 12.2 Å². The first-order valence-electron chi connectivity index (χ1n) is 17.3. The molecule has 2 aromatic rings. The summed E-state index contributed by atoms with van der Waals surface area (Å²) in [5.41, 5.74) is -4.60. The number of alkyl halides is 2. The fourth-order valence-corrected chi connectivity index (χ4v) is 7.48. The van der Waals surface area contributed by atoms with E-state index in [2.05, 4.69) is 34.6 Å². The van der Waals surface area contributed by atoms with Crippen LogP contribution in [0.4, 0.5) is 18.4 Å². The number of amides is 3. The highest BCUT2D eigenvalue weighted by Gasteiger charge is 2.73. The summed E-state index contributed by atoms with van der Waals surface area (Å²) in [5, 5.41) is 5.50. The zero-order valence-electron chi connectivity index (χ0n) is 30.1. The molecule has 9 nitrogen and oxygen atoms in total. The molecule has 11 heteroatoms. The number of ether oxygens (including phenoxy) is 2. The van der Waals surface area contributed by atoms with Crippen LogP contribution in [0.1, 0.15) is 104 Å². The molecule has 2 aliphatic heterocycles. The fourth-order valence-electron chi connectivity index (χ4n) is 7.48. The van der Waals surface area contributed by atoms with E-state index in [0.29, 0.717) is 32.4 Å². The van der Waals surface area contributed by atoms with Gasteiger partial charge in [-0.1, -0.05) is 60.7 Å². The normalized spacial score (nSPS) is 30.3. The summed E-state index contributed by atoms with van der Waals surface area (Å²) in [6, 6.07) is 19.4.